The molecular formula is C10H15N3O. The smallest absolute Gasteiger partial charge is 0.112 e. The summed E-state index contributed by atoms with van der Waals surface area (Å²) in [5, 5.41) is 6.32. The number of pyridine rings is 1. The minimum Gasteiger partial charge on any atom is -0.387 e. The molecule has 0 aliphatic carbocycles. The first-order chi connectivity index (χ1) is 6.90. The van der Waals surface area contributed by atoms with Crippen LogP contribution in [-0.2, 0) is 4.74 Å². The standard InChI is InChI=1S/C10H15N3O/c1-11-8-2-3-9(13-6-8)10-7-12-4-5-14-10/h2-3,6,10-12H,4-5,7H2,1H3/t10-/m0/s1. The van der Waals surface area contributed by atoms with Crippen LogP contribution in [0.1, 0.15) is 11.8 Å². The van der Waals surface area contributed by atoms with Crippen molar-refractivity contribution in [1.29, 1.82) is 0 Å². The van der Waals surface area contributed by atoms with E-state index in [4.69, 9.17) is 4.74 Å². The van der Waals surface area contributed by atoms with Crippen molar-refractivity contribution in [3.8, 4) is 0 Å². The number of anilines is 1. The third-order valence-electron chi connectivity index (χ3n) is 2.33. The highest BCUT2D eigenvalue weighted by Crippen LogP contribution is 2.17. The minimum absolute atomic E-state index is 0.106. The van der Waals surface area contributed by atoms with Crippen LogP contribution < -0.4 is 10.6 Å². The number of rotatable bonds is 2. The molecule has 0 aromatic carbocycles. The third kappa shape index (κ3) is 2.02. The van der Waals surface area contributed by atoms with Gasteiger partial charge in [0.1, 0.15) is 6.10 Å². The summed E-state index contributed by atoms with van der Waals surface area (Å²) in [7, 11) is 1.88. The van der Waals surface area contributed by atoms with Crippen molar-refractivity contribution in [2.45, 2.75) is 6.10 Å². The molecule has 14 heavy (non-hydrogen) atoms. The molecule has 1 atom stereocenters. The Balaban J connectivity index is 2.07. The first kappa shape index (κ1) is 9.43. The molecule has 0 amide bonds. The van der Waals surface area contributed by atoms with Gasteiger partial charge in [0, 0.05) is 20.1 Å². The second-order valence-corrected chi connectivity index (χ2v) is 3.29. The van der Waals surface area contributed by atoms with Crippen molar-refractivity contribution in [3.05, 3.63) is 24.0 Å². The van der Waals surface area contributed by atoms with Gasteiger partial charge in [-0.15, -0.1) is 0 Å². The zero-order valence-electron chi connectivity index (χ0n) is 8.29. The third-order valence-corrected chi connectivity index (χ3v) is 2.33. The van der Waals surface area contributed by atoms with Crippen molar-refractivity contribution in [2.75, 3.05) is 32.1 Å². The number of morpholine rings is 1. The molecule has 2 N–H and O–H groups in total. The summed E-state index contributed by atoms with van der Waals surface area (Å²) in [4.78, 5) is 4.35. The van der Waals surface area contributed by atoms with Crippen LogP contribution in [0, 0.1) is 0 Å². The first-order valence-corrected chi connectivity index (χ1v) is 4.86. The van der Waals surface area contributed by atoms with Gasteiger partial charge >= 0.3 is 0 Å². The zero-order valence-corrected chi connectivity index (χ0v) is 8.29. The van der Waals surface area contributed by atoms with Gasteiger partial charge in [-0.05, 0) is 12.1 Å². The molecular weight excluding hydrogens is 178 g/mol. The maximum absolute atomic E-state index is 5.59. The van der Waals surface area contributed by atoms with Gasteiger partial charge in [0.2, 0.25) is 0 Å². The predicted molar refractivity (Wildman–Crippen MR) is 55.3 cm³/mol. The molecule has 0 radical (unpaired) electrons. The van der Waals surface area contributed by atoms with E-state index in [0.717, 1.165) is 31.1 Å². The Bertz CT molecular complexity index is 280. The van der Waals surface area contributed by atoms with Gasteiger partial charge in [-0.2, -0.15) is 0 Å². The summed E-state index contributed by atoms with van der Waals surface area (Å²) in [5.41, 5.74) is 2.02. The Hall–Kier alpha value is -1.13. The van der Waals surface area contributed by atoms with E-state index in [1.54, 1.807) is 0 Å². The molecule has 4 nitrogen and oxygen atoms in total. The van der Waals surface area contributed by atoms with Crippen molar-refractivity contribution >= 4 is 5.69 Å². The number of aromatic nitrogens is 1. The molecule has 0 bridgehead atoms. The maximum Gasteiger partial charge on any atom is 0.112 e. The molecule has 2 rings (SSSR count). The van der Waals surface area contributed by atoms with E-state index in [2.05, 4.69) is 15.6 Å². The molecule has 1 aliphatic rings. The van der Waals surface area contributed by atoms with Gasteiger partial charge in [-0.3, -0.25) is 4.98 Å². The molecule has 1 saturated heterocycles. The fourth-order valence-corrected chi connectivity index (χ4v) is 1.50. The minimum atomic E-state index is 0.106. The topological polar surface area (TPSA) is 46.2 Å². The Morgan fingerprint density at radius 2 is 2.50 bits per heavy atom. The largest absolute Gasteiger partial charge is 0.387 e. The molecule has 0 spiro atoms. The van der Waals surface area contributed by atoms with Crippen LogP contribution in [0.15, 0.2) is 18.3 Å². The van der Waals surface area contributed by atoms with Crippen LogP contribution in [-0.4, -0.2) is 31.7 Å². The van der Waals surface area contributed by atoms with Crippen molar-refractivity contribution < 1.29 is 4.74 Å². The molecule has 1 fully saturated rings. The Morgan fingerprint density at radius 1 is 1.57 bits per heavy atom. The van der Waals surface area contributed by atoms with Gasteiger partial charge in [0.15, 0.2) is 0 Å². The number of hydrogen-bond donors (Lipinski definition) is 2. The van der Waals surface area contributed by atoms with Crippen LogP contribution in [0.4, 0.5) is 5.69 Å². The highest BCUT2D eigenvalue weighted by atomic mass is 16.5. The fraction of sp³-hybridized carbons (Fsp3) is 0.500. The summed E-state index contributed by atoms with van der Waals surface area (Å²) in [5.74, 6) is 0. The van der Waals surface area contributed by atoms with Crippen molar-refractivity contribution in [1.82, 2.24) is 10.3 Å². The Kier molecular flexibility index (Phi) is 2.96. The molecule has 0 unspecified atom stereocenters. The lowest BCUT2D eigenvalue weighted by Gasteiger charge is -2.23. The van der Waals surface area contributed by atoms with Gasteiger partial charge in [-0.1, -0.05) is 0 Å². The van der Waals surface area contributed by atoms with Crippen LogP contribution in [0.2, 0.25) is 0 Å². The number of nitrogens with zero attached hydrogens (tertiary/aromatic N) is 1. The van der Waals surface area contributed by atoms with Crippen LogP contribution in [0.3, 0.4) is 0 Å². The van der Waals surface area contributed by atoms with E-state index in [1.807, 2.05) is 25.4 Å². The summed E-state index contributed by atoms with van der Waals surface area (Å²) in [6.45, 7) is 2.55. The van der Waals surface area contributed by atoms with E-state index < -0.39 is 0 Å². The number of ether oxygens (including phenoxy) is 1. The predicted octanol–water partition coefficient (Wildman–Crippen LogP) is 0.784. The molecule has 1 aliphatic heterocycles. The molecule has 1 aromatic heterocycles. The Morgan fingerprint density at radius 3 is 3.07 bits per heavy atom. The number of hydrogen-bond acceptors (Lipinski definition) is 4. The van der Waals surface area contributed by atoms with Crippen LogP contribution >= 0.6 is 0 Å². The lowest BCUT2D eigenvalue weighted by atomic mass is 10.2. The summed E-state index contributed by atoms with van der Waals surface area (Å²) in [6, 6.07) is 4.02. The van der Waals surface area contributed by atoms with Gasteiger partial charge < -0.3 is 15.4 Å². The molecule has 2 heterocycles. The second kappa shape index (κ2) is 4.39. The molecule has 1 aromatic rings. The quantitative estimate of drug-likeness (QED) is 0.728. The second-order valence-electron chi connectivity index (χ2n) is 3.29. The monoisotopic (exact) mass is 193 g/mol. The summed E-state index contributed by atoms with van der Waals surface area (Å²) < 4.78 is 5.59. The van der Waals surface area contributed by atoms with Gasteiger partial charge in [-0.25, -0.2) is 0 Å². The Labute approximate surface area is 83.7 Å². The van der Waals surface area contributed by atoms with E-state index in [0.29, 0.717) is 0 Å². The van der Waals surface area contributed by atoms with Gasteiger partial charge in [0.05, 0.1) is 24.2 Å². The SMILES string of the molecule is CNc1ccc([C@@H]2CNCCO2)nc1. The highest BCUT2D eigenvalue weighted by molar-refractivity contribution is 5.40. The average Bonchev–Trinajstić information content (AvgIpc) is 2.30. The summed E-state index contributed by atoms with van der Waals surface area (Å²) >= 11 is 0. The average molecular weight is 193 g/mol. The van der Waals surface area contributed by atoms with E-state index >= 15 is 0 Å². The van der Waals surface area contributed by atoms with E-state index in [-0.39, 0.29) is 6.10 Å². The van der Waals surface area contributed by atoms with Crippen molar-refractivity contribution in [2.24, 2.45) is 0 Å². The molecule has 4 heteroatoms. The van der Waals surface area contributed by atoms with Crippen LogP contribution in [0.25, 0.3) is 0 Å². The first-order valence-electron chi connectivity index (χ1n) is 4.86. The van der Waals surface area contributed by atoms with Crippen molar-refractivity contribution in [3.63, 3.8) is 0 Å². The normalized spacial score (nSPS) is 21.9. The van der Waals surface area contributed by atoms with E-state index in [9.17, 15) is 0 Å². The number of nitrogens with one attached hydrogen (secondary N) is 2. The molecule has 76 valence electrons. The zero-order chi connectivity index (χ0) is 9.80. The van der Waals surface area contributed by atoms with E-state index in [1.165, 1.54) is 0 Å². The lowest BCUT2D eigenvalue weighted by Crippen LogP contribution is -2.33. The fourth-order valence-electron chi connectivity index (χ4n) is 1.50. The summed E-state index contributed by atoms with van der Waals surface area (Å²) in [6.07, 6.45) is 1.93. The lowest BCUT2D eigenvalue weighted by molar-refractivity contribution is 0.0250. The van der Waals surface area contributed by atoms with Gasteiger partial charge in [0.25, 0.3) is 0 Å². The highest BCUT2D eigenvalue weighted by Gasteiger charge is 2.16. The van der Waals surface area contributed by atoms with Crippen LogP contribution in [0.5, 0.6) is 0 Å². The molecule has 0 saturated carbocycles. The maximum atomic E-state index is 5.59.